The number of sulfonamides is 1. The minimum absolute atomic E-state index is 0.209. The van der Waals surface area contributed by atoms with Crippen LogP contribution in [0.15, 0.2) is 24.3 Å². The second-order valence-electron chi connectivity index (χ2n) is 6.47. The minimum atomic E-state index is -3.14. The van der Waals surface area contributed by atoms with Crippen LogP contribution >= 0.6 is 0 Å². The van der Waals surface area contributed by atoms with Gasteiger partial charge in [-0.2, -0.15) is 0 Å². The van der Waals surface area contributed by atoms with Gasteiger partial charge in [0, 0.05) is 25.7 Å². The molecule has 4 nitrogen and oxygen atoms in total. The van der Waals surface area contributed by atoms with E-state index in [1.165, 1.54) is 11.1 Å². The highest BCUT2D eigenvalue weighted by molar-refractivity contribution is 7.89. The zero-order valence-electron chi connectivity index (χ0n) is 13.9. The van der Waals surface area contributed by atoms with E-state index in [-0.39, 0.29) is 11.8 Å². The first kappa shape index (κ1) is 17.4. The molecule has 1 aliphatic rings. The van der Waals surface area contributed by atoms with Crippen LogP contribution in [0.4, 0.5) is 0 Å². The predicted molar refractivity (Wildman–Crippen MR) is 91.3 cm³/mol. The molecule has 0 fully saturated rings. The smallest absolute Gasteiger partial charge is 0.211 e. The van der Waals surface area contributed by atoms with Crippen LogP contribution in [0.3, 0.4) is 0 Å². The molecule has 124 valence electrons. The van der Waals surface area contributed by atoms with Crippen LogP contribution in [-0.4, -0.2) is 38.2 Å². The molecule has 0 aliphatic carbocycles. The number of nitrogens with one attached hydrogen (secondary N) is 1. The third-order valence-electron chi connectivity index (χ3n) is 4.38. The van der Waals surface area contributed by atoms with Crippen LogP contribution in [-0.2, 0) is 23.0 Å². The van der Waals surface area contributed by atoms with E-state index in [4.69, 9.17) is 0 Å². The van der Waals surface area contributed by atoms with E-state index in [2.05, 4.69) is 47.7 Å². The summed E-state index contributed by atoms with van der Waals surface area (Å²) in [6, 6.07) is 8.78. The molecule has 1 aliphatic heterocycles. The summed E-state index contributed by atoms with van der Waals surface area (Å²) in [5.41, 5.74) is 2.80. The van der Waals surface area contributed by atoms with Gasteiger partial charge in [-0.15, -0.1) is 0 Å². The Morgan fingerprint density at radius 1 is 1.23 bits per heavy atom. The summed E-state index contributed by atoms with van der Waals surface area (Å²) in [4.78, 5) is 2.42. The highest BCUT2D eigenvalue weighted by Gasteiger charge is 2.26. The maximum Gasteiger partial charge on any atom is 0.211 e. The number of hydrogen-bond donors (Lipinski definition) is 1. The molecule has 5 heteroatoms. The highest BCUT2D eigenvalue weighted by Crippen LogP contribution is 2.22. The summed E-state index contributed by atoms with van der Waals surface area (Å²) in [5.74, 6) is 0.621. The molecule has 0 saturated carbocycles. The summed E-state index contributed by atoms with van der Waals surface area (Å²) in [6.45, 7) is 8.63. The van der Waals surface area contributed by atoms with Crippen molar-refractivity contribution < 1.29 is 8.42 Å². The van der Waals surface area contributed by atoms with Gasteiger partial charge in [0.1, 0.15) is 0 Å². The normalized spacial score (nSPS) is 17.5. The van der Waals surface area contributed by atoms with Gasteiger partial charge in [-0.25, -0.2) is 13.1 Å². The molecule has 2 rings (SSSR count). The second kappa shape index (κ2) is 7.57. The van der Waals surface area contributed by atoms with Crippen molar-refractivity contribution >= 4 is 10.0 Å². The van der Waals surface area contributed by atoms with Crippen molar-refractivity contribution in [2.75, 3.05) is 18.8 Å². The van der Waals surface area contributed by atoms with Gasteiger partial charge in [0.05, 0.1) is 5.75 Å². The van der Waals surface area contributed by atoms with Crippen molar-refractivity contribution in [3.05, 3.63) is 35.4 Å². The van der Waals surface area contributed by atoms with Crippen molar-refractivity contribution in [1.29, 1.82) is 0 Å². The Bertz CT molecular complexity index is 584. The molecule has 0 aromatic heterocycles. The number of nitrogens with zero attached hydrogens (tertiary/aromatic N) is 1. The molecule has 1 heterocycles. The number of rotatable bonds is 7. The lowest BCUT2D eigenvalue weighted by atomic mass is 9.95. The molecule has 0 spiro atoms. The van der Waals surface area contributed by atoms with Crippen LogP contribution in [0.5, 0.6) is 0 Å². The second-order valence-corrected chi connectivity index (χ2v) is 8.39. The largest absolute Gasteiger partial charge is 0.294 e. The first-order valence-electron chi connectivity index (χ1n) is 8.21. The Balaban J connectivity index is 2.04. The van der Waals surface area contributed by atoms with Crippen LogP contribution in [0.25, 0.3) is 0 Å². The summed E-state index contributed by atoms with van der Waals surface area (Å²) < 4.78 is 26.6. The third-order valence-corrected chi connectivity index (χ3v) is 5.94. The molecule has 0 bridgehead atoms. The number of hydrogen-bond acceptors (Lipinski definition) is 3. The number of fused-ring (bicyclic) bond motifs is 1. The average molecular weight is 324 g/mol. The first-order valence-corrected chi connectivity index (χ1v) is 9.86. The first-order chi connectivity index (χ1) is 10.4. The van der Waals surface area contributed by atoms with Crippen molar-refractivity contribution in [3.63, 3.8) is 0 Å². The molecule has 0 radical (unpaired) electrons. The summed E-state index contributed by atoms with van der Waals surface area (Å²) in [6.07, 6.45) is 1.69. The molecule has 1 N–H and O–H groups in total. The average Bonchev–Trinajstić information content (AvgIpc) is 2.46. The number of benzene rings is 1. The van der Waals surface area contributed by atoms with Crippen LogP contribution in [0, 0.1) is 5.92 Å². The summed E-state index contributed by atoms with van der Waals surface area (Å²) >= 11 is 0. The Kier molecular flexibility index (Phi) is 6.01. The Hall–Kier alpha value is -0.910. The standard InChI is InChI=1S/C17H28N2O2S/c1-4-11-22(20,21)18-12-17(14(2)3)19-10-9-15-7-5-6-8-16(15)13-19/h5-8,14,17-18H,4,9-13H2,1-3H3. The lowest BCUT2D eigenvalue weighted by Gasteiger charge is -2.38. The van der Waals surface area contributed by atoms with Crippen LogP contribution in [0.2, 0.25) is 0 Å². The van der Waals surface area contributed by atoms with Gasteiger partial charge in [-0.05, 0) is 29.9 Å². The molecule has 0 amide bonds. The molecule has 0 saturated heterocycles. The zero-order chi connectivity index (χ0) is 16.2. The minimum Gasteiger partial charge on any atom is -0.294 e. The molecular weight excluding hydrogens is 296 g/mol. The predicted octanol–water partition coefficient (Wildman–Crippen LogP) is 2.40. The van der Waals surface area contributed by atoms with Gasteiger partial charge in [0.15, 0.2) is 0 Å². The maximum absolute atomic E-state index is 11.9. The summed E-state index contributed by atoms with van der Waals surface area (Å²) in [5, 5.41) is 0. The Labute approximate surface area is 135 Å². The lowest BCUT2D eigenvalue weighted by molar-refractivity contribution is 0.141. The summed E-state index contributed by atoms with van der Waals surface area (Å²) in [7, 11) is -3.14. The van der Waals surface area contributed by atoms with E-state index >= 15 is 0 Å². The fraction of sp³-hybridized carbons (Fsp3) is 0.647. The fourth-order valence-electron chi connectivity index (χ4n) is 3.14. The van der Waals surface area contributed by atoms with Crippen molar-refractivity contribution in [2.45, 2.75) is 46.2 Å². The van der Waals surface area contributed by atoms with E-state index in [9.17, 15) is 8.42 Å². The molecule has 1 unspecified atom stereocenters. The molecular formula is C17H28N2O2S. The monoisotopic (exact) mass is 324 g/mol. The Morgan fingerprint density at radius 2 is 1.91 bits per heavy atom. The Morgan fingerprint density at radius 3 is 2.55 bits per heavy atom. The van der Waals surface area contributed by atoms with E-state index in [1.54, 1.807) is 0 Å². The molecule has 22 heavy (non-hydrogen) atoms. The molecule has 1 aromatic rings. The van der Waals surface area contributed by atoms with Gasteiger partial charge in [0.25, 0.3) is 0 Å². The van der Waals surface area contributed by atoms with E-state index in [1.807, 2.05) is 6.92 Å². The molecule has 1 aromatic carbocycles. The van der Waals surface area contributed by atoms with Crippen LogP contribution in [0.1, 0.15) is 38.3 Å². The highest BCUT2D eigenvalue weighted by atomic mass is 32.2. The SMILES string of the molecule is CCCS(=O)(=O)NCC(C(C)C)N1CCc2ccccc2C1. The quantitative estimate of drug-likeness (QED) is 0.838. The topological polar surface area (TPSA) is 49.4 Å². The lowest BCUT2D eigenvalue weighted by Crippen LogP contribution is -2.48. The fourth-order valence-corrected chi connectivity index (χ4v) is 4.25. The van der Waals surface area contributed by atoms with E-state index in [0.29, 0.717) is 18.9 Å². The van der Waals surface area contributed by atoms with Crippen molar-refractivity contribution in [3.8, 4) is 0 Å². The van der Waals surface area contributed by atoms with Crippen molar-refractivity contribution in [2.24, 2.45) is 5.92 Å². The molecule has 1 atom stereocenters. The van der Waals surface area contributed by atoms with Gasteiger partial charge in [-0.3, -0.25) is 4.90 Å². The van der Waals surface area contributed by atoms with Crippen molar-refractivity contribution in [1.82, 2.24) is 9.62 Å². The van der Waals surface area contributed by atoms with Gasteiger partial charge >= 0.3 is 0 Å². The van der Waals surface area contributed by atoms with Crippen LogP contribution < -0.4 is 4.72 Å². The maximum atomic E-state index is 11.9. The van der Waals surface area contributed by atoms with Gasteiger partial charge < -0.3 is 0 Å². The van der Waals surface area contributed by atoms with E-state index < -0.39 is 10.0 Å². The van der Waals surface area contributed by atoms with E-state index in [0.717, 1.165) is 19.5 Å². The van der Waals surface area contributed by atoms with Gasteiger partial charge in [0.2, 0.25) is 10.0 Å². The zero-order valence-corrected chi connectivity index (χ0v) is 14.7. The van der Waals surface area contributed by atoms with Gasteiger partial charge in [-0.1, -0.05) is 45.0 Å². The third kappa shape index (κ3) is 4.54.